The second kappa shape index (κ2) is 8.33. The lowest BCUT2D eigenvalue weighted by Gasteiger charge is -2.52. The fraction of sp³-hybridized carbons (Fsp3) is 0.276. The number of carbonyl (C=O) groups is 1. The molecule has 0 spiro atoms. The van der Waals surface area contributed by atoms with Crippen LogP contribution in [0.15, 0.2) is 77.3 Å². The summed E-state index contributed by atoms with van der Waals surface area (Å²) in [6.45, 7) is 5.87. The van der Waals surface area contributed by atoms with E-state index in [1.54, 1.807) is 0 Å². The fourth-order valence-corrected chi connectivity index (χ4v) is 6.66. The highest BCUT2D eigenvalue weighted by molar-refractivity contribution is 9.10. The Morgan fingerprint density at radius 2 is 1.63 bits per heavy atom. The van der Waals surface area contributed by atoms with Gasteiger partial charge in [0.05, 0.1) is 5.41 Å². The molecule has 0 unspecified atom stereocenters. The van der Waals surface area contributed by atoms with E-state index in [0.717, 1.165) is 21.2 Å². The maximum atomic E-state index is 14.0. The van der Waals surface area contributed by atoms with E-state index in [1.165, 1.54) is 0 Å². The van der Waals surface area contributed by atoms with Crippen molar-refractivity contribution < 1.29 is 9.72 Å². The average Bonchev–Trinajstić information content (AvgIpc) is 3.38. The highest BCUT2D eigenvalue weighted by Gasteiger charge is 2.67. The van der Waals surface area contributed by atoms with Crippen LogP contribution in [-0.4, -0.2) is 26.0 Å². The summed E-state index contributed by atoms with van der Waals surface area (Å²) in [7, 11) is 0. The van der Waals surface area contributed by atoms with Gasteiger partial charge in [-0.1, -0.05) is 76.6 Å². The molecule has 2 bridgehead atoms. The standard InChI is InChI=1S/C29H26BrN5O3/c1-27(2,17-12-14-18(30)15-13-17)24-31-26(34-33-24)32-25(36)28(3)16-29(35(37)38)21-10-6-4-8-19(21)23(28)20-9-5-7-11-22(20)29/h4-15,23H,16H2,1-3H3,(H2,31,32,33,34,36)/t23?,28-,29?/m0/s1. The van der Waals surface area contributed by atoms with Crippen LogP contribution in [0.1, 0.15) is 66.8 Å². The van der Waals surface area contributed by atoms with Gasteiger partial charge in [0, 0.05) is 38.3 Å². The zero-order valence-electron chi connectivity index (χ0n) is 21.2. The van der Waals surface area contributed by atoms with Crippen molar-refractivity contribution >= 4 is 27.8 Å². The largest absolute Gasteiger partial charge is 0.293 e. The molecule has 192 valence electrons. The van der Waals surface area contributed by atoms with Gasteiger partial charge in [-0.15, -0.1) is 5.10 Å². The number of benzene rings is 3. The van der Waals surface area contributed by atoms with Crippen molar-refractivity contribution in [3.05, 3.63) is 121 Å². The lowest BCUT2D eigenvalue weighted by Crippen LogP contribution is -2.57. The maximum Gasteiger partial charge on any atom is 0.273 e. The van der Waals surface area contributed by atoms with Gasteiger partial charge >= 0.3 is 0 Å². The third-order valence-electron chi connectivity index (χ3n) is 8.39. The van der Waals surface area contributed by atoms with E-state index in [-0.39, 0.29) is 29.1 Å². The van der Waals surface area contributed by atoms with Crippen LogP contribution >= 0.6 is 15.9 Å². The van der Waals surface area contributed by atoms with Gasteiger partial charge < -0.3 is 0 Å². The summed E-state index contributed by atoms with van der Waals surface area (Å²) in [6.07, 6.45) is 0.0409. The molecule has 0 saturated carbocycles. The molecule has 1 aromatic heterocycles. The molecule has 4 aromatic rings. The quantitative estimate of drug-likeness (QED) is 0.228. The zero-order chi connectivity index (χ0) is 26.9. The molecule has 0 saturated heterocycles. The van der Waals surface area contributed by atoms with E-state index in [9.17, 15) is 14.9 Å². The van der Waals surface area contributed by atoms with E-state index in [0.29, 0.717) is 17.0 Å². The number of amides is 1. The molecule has 0 radical (unpaired) electrons. The number of H-pyrrole nitrogens is 1. The molecule has 38 heavy (non-hydrogen) atoms. The van der Waals surface area contributed by atoms with Gasteiger partial charge in [0.15, 0.2) is 0 Å². The van der Waals surface area contributed by atoms with Gasteiger partial charge in [-0.05, 0) is 49.6 Å². The number of nitro groups is 1. The summed E-state index contributed by atoms with van der Waals surface area (Å²) in [5, 5.41) is 23.0. The van der Waals surface area contributed by atoms with E-state index in [4.69, 9.17) is 0 Å². The van der Waals surface area contributed by atoms with Crippen molar-refractivity contribution in [3.63, 3.8) is 0 Å². The first-order valence-corrected chi connectivity index (χ1v) is 13.2. The van der Waals surface area contributed by atoms with E-state index >= 15 is 0 Å². The third kappa shape index (κ3) is 3.31. The first-order chi connectivity index (χ1) is 18.1. The smallest absolute Gasteiger partial charge is 0.273 e. The van der Waals surface area contributed by atoms with Crippen molar-refractivity contribution in [2.24, 2.45) is 5.41 Å². The number of nitrogens with zero attached hydrogens (tertiary/aromatic N) is 3. The number of fused-ring (bicyclic) bond motifs is 1. The minimum Gasteiger partial charge on any atom is -0.293 e. The van der Waals surface area contributed by atoms with E-state index in [2.05, 4.69) is 36.4 Å². The molecule has 3 aromatic carbocycles. The molecule has 3 aliphatic carbocycles. The highest BCUT2D eigenvalue weighted by Crippen LogP contribution is 2.63. The highest BCUT2D eigenvalue weighted by atomic mass is 79.9. The van der Waals surface area contributed by atoms with Crippen molar-refractivity contribution in [2.75, 3.05) is 5.32 Å². The summed E-state index contributed by atoms with van der Waals surface area (Å²) in [6, 6.07) is 22.8. The van der Waals surface area contributed by atoms with Crippen LogP contribution in [0.2, 0.25) is 0 Å². The van der Waals surface area contributed by atoms with Gasteiger partial charge in [0.25, 0.3) is 5.54 Å². The van der Waals surface area contributed by atoms with Crippen LogP contribution in [-0.2, 0) is 15.7 Å². The van der Waals surface area contributed by atoms with Crippen LogP contribution in [0.5, 0.6) is 0 Å². The summed E-state index contributed by atoms with van der Waals surface area (Å²) in [5.74, 6) is 0.0662. The van der Waals surface area contributed by atoms with Gasteiger partial charge in [-0.2, -0.15) is 4.98 Å². The van der Waals surface area contributed by atoms with Crippen molar-refractivity contribution in [3.8, 4) is 0 Å². The molecule has 0 aliphatic heterocycles. The molecular weight excluding hydrogens is 546 g/mol. The number of aromatic nitrogens is 3. The number of rotatable bonds is 5. The van der Waals surface area contributed by atoms with Crippen LogP contribution in [0.25, 0.3) is 0 Å². The van der Waals surface area contributed by atoms with Crippen LogP contribution in [0.3, 0.4) is 0 Å². The molecular formula is C29H26BrN5O3. The molecule has 2 N–H and O–H groups in total. The number of nitrogens with one attached hydrogen (secondary N) is 2. The predicted molar refractivity (Wildman–Crippen MR) is 147 cm³/mol. The van der Waals surface area contributed by atoms with Crippen LogP contribution in [0, 0.1) is 15.5 Å². The number of anilines is 1. The van der Waals surface area contributed by atoms with Gasteiger partial charge in [0.1, 0.15) is 5.82 Å². The minimum atomic E-state index is -1.51. The zero-order valence-corrected chi connectivity index (χ0v) is 22.7. The normalized spacial score (nSPS) is 23.4. The van der Waals surface area contributed by atoms with E-state index in [1.807, 2.05) is 93.6 Å². The number of carbonyl (C=O) groups excluding carboxylic acids is 1. The van der Waals surface area contributed by atoms with E-state index < -0.39 is 16.4 Å². The summed E-state index contributed by atoms with van der Waals surface area (Å²) in [5.41, 5.74) is 0.897. The monoisotopic (exact) mass is 571 g/mol. The summed E-state index contributed by atoms with van der Waals surface area (Å²) >= 11 is 3.46. The topological polar surface area (TPSA) is 114 Å². The second-order valence-corrected chi connectivity index (χ2v) is 11.8. The first-order valence-electron chi connectivity index (χ1n) is 12.4. The molecule has 1 amide bonds. The Bertz CT molecular complexity index is 1550. The Labute approximate surface area is 228 Å². The summed E-state index contributed by atoms with van der Waals surface area (Å²) in [4.78, 5) is 31.2. The molecule has 1 heterocycles. The molecule has 1 atom stereocenters. The van der Waals surface area contributed by atoms with Crippen LogP contribution in [0.4, 0.5) is 5.95 Å². The average molecular weight is 572 g/mol. The maximum absolute atomic E-state index is 14.0. The third-order valence-corrected chi connectivity index (χ3v) is 8.92. The fourth-order valence-electron chi connectivity index (χ4n) is 6.39. The number of aromatic amines is 1. The number of hydrogen-bond donors (Lipinski definition) is 2. The molecule has 9 heteroatoms. The SMILES string of the molecule is CC(C)(c1ccc(Br)cc1)c1nc(NC(=O)[C@@]2(C)CC3([N+](=O)[O-])c4ccccc4C2c2ccccc23)n[nH]1. The van der Waals surface area contributed by atoms with Crippen molar-refractivity contribution in [1.82, 2.24) is 15.2 Å². The Morgan fingerprint density at radius 3 is 2.21 bits per heavy atom. The lowest BCUT2D eigenvalue weighted by molar-refractivity contribution is -0.573. The Balaban J connectivity index is 1.38. The van der Waals surface area contributed by atoms with Crippen molar-refractivity contribution in [2.45, 2.75) is 44.1 Å². The molecule has 7 rings (SSSR count). The first kappa shape index (κ1) is 24.5. The minimum absolute atomic E-state index is 0.0409. The Morgan fingerprint density at radius 1 is 1.05 bits per heavy atom. The van der Waals surface area contributed by atoms with Crippen molar-refractivity contribution in [1.29, 1.82) is 0 Å². The number of halogens is 1. The second-order valence-electron chi connectivity index (χ2n) is 10.9. The molecule has 3 aliphatic rings. The Kier molecular flexibility index (Phi) is 5.36. The van der Waals surface area contributed by atoms with Gasteiger partial charge in [-0.3, -0.25) is 25.3 Å². The predicted octanol–water partition coefficient (Wildman–Crippen LogP) is 5.91. The van der Waals surface area contributed by atoms with Crippen LogP contribution < -0.4 is 5.32 Å². The Hall–Kier alpha value is -3.85. The molecule has 0 fully saturated rings. The number of hydrogen-bond acceptors (Lipinski definition) is 5. The molecule has 8 nitrogen and oxygen atoms in total. The van der Waals surface area contributed by atoms with Gasteiger partial charge in [0.2, 0.25) is 11.9 Å². The lowest BCUT2D eigenvalue weighted by atomic mass is 9.49. The van der Waals surface area contributed by atoms with Gasteiger partial charge in [-0.25, -0.2) is 0 Å². The summed E-state index contributed by atoms with van der Waals surface area (Å²) < 4.78 is 0.980.